The number of nitriles is 1. The largest absolute Gasteiger partial charge is 0.394 e. The van der Waals surface area contributed by atoms with E-state index in [-0.39, 0.29) is 12.7 Å². The summed E-state index contributed by atoms with van der Waals surface area (Å²) in [6.45, 7) is 4.35. The monoisotopic (exact) mass is 157 g/mol. The fourth-order valence-corrected chi connectivity index (χ4v) is 0.781. The standard InChI is InChI=1S/C8H15NO2/c1-7(2)8(3-4-9)11-6-5-10/h7-8,10H,3,5-6H2,1-2H3/t8-/m0/s1. The topological polar surface area (TPSA) is 53.2 Å². The molecule has 0 radical (unpaired) electrons. The Morgan fingerprint density at radius 3 is 2.55 bits per heavy atom. The lowest BCUT2D eigenvalue weighted by Gasteiger charge is -2.17. The minimum atomic E-state index is -0.0350. The zero-order valence-electron chi connectivity index (χ0n) is 7.08. The average molecular weight is 157 g/mol. The molecule has 0 spiro atoms. The van der Waals surface area contributed by atoms with Crippen molar-refractivity contribution in [1.82, 2.24) is 0 Å². The molecule has 0 heterocycles. The van der Waals surface area contributed by atoms with E-state index in [2.05, 4.69) is 6.07 Å². The number of ether oxygens (including phenoxy) is 1. The van der Waals surface area contributed by atoms with E-state index < -0.39 is 0 Å². The summed E-state index contributed by atoms with van der Waals surface area (Å²) in [7, 11) is 0. The highest BCUT2D eigenvalue weighted by atomic mass is 16.5. The minimum Gasteiger partial charge on any atom is -0.394 e. The van der Waals surface area contributed by atoms with Crippen molar-refractivity contribution >= 4 is 0 Å². The van der Waals surface area contributed by atoms with Crippen LogP contribution in [-0.4, -0.2) is 24.4 Å². The predicted octanol–water partition coefficient (Wildman–Crippen LogP) is 0.934. The van der Waals surface area contributed by atoms with Crippen molar-refractivity contribution in [2.75, 3.05) is 13.2 Å². The lowest BCUT2D eigenvalue weighted by molar-refractivity contribution is 0.00612. The number of hydrogen-bond donors (Lipinski definition) is 1. The third-order valence-electron chi connectivity index (χ3n) is 1.46. The summed E-state index contributed by atoms with van der Waals surface area (Å²) in [5.41, 5.74) is 0. The number of rotatable bonds is 5. The maximum atomic E-state index is 8.46. The zero-order valence-corrected chi connectivity index (χ0v) is 7.08. The smallest absolute Gasteiger partial charge is 0.0728 e. The van der Waals surface area contributed by atoms with Crippen molar-refractivity contribution in [2.45, 2.75) is 26.4 Å². The van der Waals surface area contributed by atoms with Gasteiger partial charge in [0.05, 0.1) is 31.8 Å². The Morgan fingerprint density at radius 2 is 2.18 bits per heavy atom. The summed E-state index contributed by atoms with van der Waals surface area (Å²) in [5.74, 6) is 0.334. The number of aliphatic hydroxyl groups excluding tert-OH is 1. The van der Waals surface area contributed by atoms with Crippen molar-refractivity contribution in [2.24, 2.45) is 5.92 Å². The van der Waals surface area contributed by atoms with Crippen molar-refractivity contribution in [3.8, 4) is 6.07 Å². The molecule has 1 atom stereocenters. The van der Waals surface area contributed by atoms with Crippen molar-refractivity contribution < 1.29 is 9.84 Å². The molecule has 0 aliphatic heterocycles. The molecule has 0 saturated carbocycles. The second kappa shape index (κ2) is 6.14. The van der Waals surface area contributed by atoms with Crippen molar-refractivity contribution in [3.63, 3.8) is 0 Å². The molecule has 0 aromatic rings. The Hall–Kier alpha value is -0.590. The summed E-state index contributed by atoms with van der Waals surface area (Å²) in [6, 6.07) is 2.05. The Morgan fingerprint density at radius 1 is 1.55 bits per heavy atom. The van der Waals surface area contributed by atoms with E-state index in [9.17, 15) is 0 Å². The Balaban J connectivity index is 3.62. The van der Waals surface area contributed by atoms with E-state index in [0.717, 1.165) is 0 Å². The van der Waals surface area contributed by atoms with Crippen LogP contribution in [0.3, 0.4) is 0 Å². The van der Waals surface area contributed by atoms with Crippen LogP contribution in [0, 0.1) is 17.2 Å². The minimum absolute atomic E-state index is 0.0225. The Labute approximate surface area is 67.6 Å². The molecule has 0 rings (SSSR count). The van der Waals surface area contributed by atoms with Gasteiger partial charge in [-0.1, -0.05) is 13.8 Å². The van der Waals surface area contributed by atoms with Crippen molar-refractivity contribution in [1.29, 1.82) is 5.26 Å². The first-order valence-corrected chi connectivity index (χ1v) is 3.81. The Kier molecular flexibility index (Phi) is 5.81. The van der Waals surface area contributed by atoms with E-state index in [1.165, 1.54) is 0 Å². The first-order valence-electron chi connectivity index (χ1n) is 3.81. The normalized spacial score (nSPS) is 13.0. The summed E-state index contributed by atoms with van der Waals surface area (Å²) in [5, 5.41) is 16.8. The first-order chi connectivity index (χ1) is 5.22. The van der Waals surface area contributed by atoms with Gasteiger partial charge in [0.15, 0.2) is 0 Å². The van der Waals surface area contributed by atoms with E-state index in [1.807, 2.05) is 13.8 Å². The number of aliphatic hydroxyl groups is 1. The highest BCUT2D eigenvalue weighted by Crippen LogP contribution is 2.09. The van der Waals surface area contributed by atoms with Gasteiger partial charge < -0.3 is 9.84 Å². The van der Waals surface area contributed by atoms with E-state index in [1.54, 1.807) is 0 Å². The molecule has 3 heteroatoms. The molecule has 0 saturated heterocycles. The zero-order chi connectivity index (χ0) is 8.69. The second-order valence-corrected chi connectivity index (χ2v) is 2.74. The van der Waals surface area contributed by atoms with Gasteiger partial charge in [0, 0.05) is 0 Å². The quantitative estimate of drug-likeness (QED) is 0.646. The lowest BCUT2D eigenvalue weighted by atomic mass is 10.1. The van der Waals surface area contributed by atoms with Crippen LogP contribution in [0.5, 0.6) is 0 Å². The second-order valence-electron chi connectivity index (χ2n) is 2.74. The van der Waals surface area contributed by atoms with Crippen LogP contribution in [0.15, 0.2) is 0 Å². The van der Waals surface area contributed by atoms with Crippen LogP contribution in [0.4, 0.5) is 0 Å². The van der Waals surface area contributed by atoms with Gasteiger partial charge in [0.25, 0.3) is 0 Å². The maximum Gasteiger partial charge on any atom is 0.0728 e. The maximum absolute atomic E-state index is 8.46. The van der Waals surface area contributed by atoms with Gasteiger partial charge in [-0.05, 0) is 5.92 Å². The molecule has 0 bridgehead atoms. The Bertz CT molecular complexity index is 129. The molecule has 1 N–H and O–H groups in total. The molecule has 0 aliphatic rings. The van der Waals surface area contributed by atoms with Crippen LogP contribution in [-0.2, 0) is 4.74 Å². The SMILES string of the molecule is CC(C)[C@H](CC#N)OCCO. The molecule has 0 fully saturated rings. The molecule has 0 aliphatic carbocycles. The molecule has 0 aromatic carbocycles. The molecule has 0 unspecified atom stereocenters. The van der Waals surface area contributed by atoms with Gasteiger partial charge in [-0.3, -0.25) is 0 Å². The molecular formula is C8H15NO2. The summed E-state index contributed by atoms with van der Waals surface area (Å²) in [6.07, 6.45) is 0.365. The highest BCUT2D eigenvalue weighted by Gasteiger charge is 2.12. The third kappa shape index (κ3) is 4.77. The van der Waals surface area contributed by atoms with Crippen LogP contribution >= 0.6 is 0 Å². The summed E-state index contributed by atoms with van der Waals surface area (Å²) in [4.78, 5) is 0. The average Bonchev–Trinajstić information content (AvgIpc) is 1.97. The fraction of sp³-hybridized carbons (Fsp3) is 0.875. The molecule has 64 valence electrons. The first kappa shape index (κ1) is 10.4. The van der Waals surface area contributed by atoms with Gasteiger partial charge in [-0.2, -0.15) is 5.26 Å². The lowest BCUT2D eigenvalue weighted by Crippen LogP contribution is -2.20. The van der Waals surface area contributed by atoms with E-state index in [4.69, 9.17) is 15.1 Å². The van der Waals surface area contributed by atoms with E-state index in [0.29, 0.717) is 18.9 Å². The van der Waals surface area contributed by atoms with Gasteiger partial charge >= 0.3 is 0 Å². The molecule has 0 aromatic heterocycles. The van der Waals surface area contributed by atoms with Gasteiger partial charge in [-0.25, -0.2) is 0 Å². The fourth-order valence-electron chi connectivity index (χ4n) is 0.781. The van der Waals surface area contributed by atoms with Gasteiger partial charge in [0.1, 0.15) is 0 Å². The predicted molar refractivity (Wildman–Crippen MR) is 41.9 cm³/mol. The van der Waals surface area contributed by atoms with Gasteiger partial charge in [0.2, 0.25) is 0 Å². The third-order valence-corrected chi connectivity index (χ3v) is 1.46. The van der Waals surface area contributed by atoms with Crippen LogP contribution in [0.2, 0.25) is 0 Å². The molecule has 0 amide bonds. The van der Waals surface area contributed by atoms with E-state index >= 15 is 0 Å². The van der Waals surface area contributed by atoms with Crippen molar-refractivity contribution in [3.05, 3.63) is 0 Å². The van der Waals surface area contributed by atoms with Crippen LogP contribution in [0.1, 0.15) is 20.3 Å². The number of nitrogens with zero attached hydrogens (tertiary/aromatic N) is 1. The van der Waals surface area contributed by atoms with Crippen LogP contribution in [0.25, 0.3) is 0 Å². The molecule has 3 nitrogen and oxygen atoms in total. The van der Waals surface area contributed by atoms with Gasteiger partial charge in [-0.15, -0.1) is 0 Å². The highest BCUT2D eigenvalue weighted by molar-refractivity contribution is 4.78. The summed E-state index contributed by atoms with van der Waals surface area (Å²) < 4.78 is 5.22. The molecule has 11 heavy (non-hydrogen) atoms. The molecular weight excluding hydrogens is 142 g/mol. The number of hydrogen-bond acceptors (Lipinski definition) is 3. The summed E-state index contributed by atoms with van der Waals surface area (Å²) >= 11 is 0. The van der Waals surface area contributed by atoms with Crippen LogP contribution < -0.4 is 0 Å².